The van der Waals surface area contributed by atoms with Crippen molar-refractivity contribution >= 4 is 6.29 Å². The summed E-state index contributed by atoms with van der Waals surface area (Å²) in [4.78, 5) is 39.4. The van der Waals surface area contributed by atoms with E-state index in [4.69, 9.17) is 0 Å². The van der Waals surface area contributed by atoms with Gasteiger partial charge < -0.3 is 0 Å². The lowest BCUT2D eigenvalue weighted by atomic mass is 9.98. The summed E-state index contributed by atoms with van der Waals surface area (Å²) in [5.74, 6) is 5.94. The van der Waals surface area contributed by atoms with Crippen molar-refractivity contribution in [2.75, 3.05) is 0 Å². The second kappa shape index (κ2) is 14.3. The summed E-state index contributed by atoms with van der Waals surface area (Å²) >= 11 is 0. The van der Waals surface area contributed by atoms with Gasteiger partial charge in [-0.15, -0.1) is 5.92 Å². The monoisotopic (exact) mass is 396 g/mol. The van der Waals surface area contributed by atoms with Gasteiger partial charge in [0.1, 0.15) is 9.85 Å². The molecule has 28 heavy (non-hydrogen) atoms. The first-order valence-electron chi connectivity index (χ1n) is 9.27. The average molecular weight is 396 g/mol. The number of allylic oxidation sites excluding steroid dienone is 2. The van der Waals surface area contributed by atoms with Crippen LogP contribution in [0.15, 0.2) is 12.2 Å². The van der Waals surface area contributed by atoms with Crippen LogP contribution in [0.25, 0.3) is 0 Å². The number of rotatable bonds is 15. The molecule has 0 aromatic carbocycles. The smallest absolute Gasteiger partial charge is 0.273 e. The Hall–Kier alpha value is -2.83. The van der Waals surface area contributed by atoms with Gasteiger partial charge in [-0.3, -0.25) is 35.1 Å². The van der Waals surface area contributed by atoms with E-state index in [9.17, 15) is 35.1 Å². The van der Waals surface area contributed by atoms with Gasteiger partial charge in [-0.2, -0.15) is 0 Å². The first-order chi connectivity index (χ1) is 13.3. The molecule has 0 spiro atoms. The number of nitro groups is 3. The third kappa shape index (κ3) is 8.24. The van der Waals surface area contributed by atoms with Crippen molar-refractivity contribution in [2.45, 2.75) is 82.8 Å². The second-order valence-electron chi connectivity index (χ2n) is 6.27. The Morgan fingerprint density at radius 1 is 0.929 bits per heavy atom. The molecule has 0 N–H and O–H groups in total. The minimum atomic E-state index is -3.60. The van der Waals surface area contributed by atoms with Gasteiger partial charge >= 0.3 is 18.0 Å². The molecule has 0 rings (SSSR count). The van der Waals surface area contributed by atoms with Gasteiger partial charge in [0, 0.05) is 24.2 Å². The third-order valence-electron chi connectivity index (χ3n) is 4.20. The Morgan fingerprint density at radius 3 is 2.07 bits per heavy atom. The number of hydrogen-bond acceptors (Lipinski definition) is 7. The fraction of sp³-hybridized carbons (Fsp3) is 0.722. The highest BCUT2D eigenvalue weighted by Crippen LogP contribution is 2.21. The molecule has 0 amide bonds. The predicted molar refractivity (Wildman–Crippen MR) is 102 cm³/mol. The van der Waals surface area contributed by atoms with E-state index < -0.39 is 32.9 Å². The molecule has 0 aliphatic heterocycles. The van der Waals surface area contributed by atoms with E-state index in [1.54, 1.807) is 6.08 Å². The van der Waals surface area contributed by atoms with Crippen molar-refractivity contribution in [3.63, 3.8) is 0 Å². The van der Waals surface area contributed by atoms with Gasteiger partial charge in [-0.25, -0.2) is 0 Å². The fourth-order valence-corrected chi connectivity index (χ4v) is 2.57. The van der Waals surface area contributed by atoms with E-state index in [0.29, 0.717) is 12.7 Å². The Balaban J connectivity index is 4.42. The van der Waals surface area contributed by atoms with E-state index in [-0.39, 0.29) is 6.42 Å². The molecule has 0 aromatic heterocycles. The Labute approximate surface area is 163 Å². The van der Waals surface area contributed by atoms with Crippen LogP contribution in [-0.2, 0) is 4.79 Å². The zero-order chi connectivity index (χ0) is 21.4. The lowest BCUT2D eigenvalue weighted by Crippen LogP contribution is -2.59. The normalized spacial score (nSPS) is 12.2. The van der Waals surface area contributed by atoms with E-state index in [0.717, 1.165) is 19.3 Å². The zero-order valence-corrected chi connectivity index (χ0v) is 16.0. The summed E-state index contributed by atoms with van der Waals surface area (Å²) < 4.78 is 0. The van der Waals surface area contributed by atoms with E-state index in [1.807, 2.05) is 0 Å². The van der Waals surface area contributed by atoms with Gasteiger partial charge in [0.15, 0.2) is 0 Å². The first-order valence-corrected chi connectivity index (χ1v) is 9.27. The maximum Gasteiger partial charge on any atom is 0.588 e. The van der Waals surface area contributed by atoms with Crippen molar-refractivity contribution in [1.29, 1.82) is 0 Å². The molecule has 0 heterocycles. The molecular formula is C18H26N3O7. The molecule has 1 radical (unpaired) electrons. The molecule has 10 nitrogen and oxygen atoms in total. The second-order valence-corrected chi connectivity index (χ2v) is 6.27. The van der Waals surface area contributed by atoms with Gasteiger partial charge in [0.05, 0.1) is 0 Å². The number of unbranched alkanes of at least 4 members (excludes halogenated alkanes) is 6. The number of hydrogen-bond donors (Lipinski definition) is 0. The molecule has 0 saturated carbocycles. The highest BCUT2D eigenvalue weighted by Gasteiger charge is 2.71. The molecule has 0 aliphatic carbocycles. The lowest BCUT2D eigenvalue weighted by Gasteiger charge is -2.14. The van der Waals surface area contributed by atoms with Gasteiger partial charge in [-0.05, 0) is 12.8 Å². The van der Waals surface area contributed by atoms with Crippen LogP contribution in [0.4, 0.5) is 0 Å². The summed E-state index contributed by atoms with van der Waals surface area (Å²) in [7, 11) is 0. The van der Waals surface area contributed by atoms with Gasteiger partial charge in [0.2, 0.25) is 0 Å². The van der Waals surface area contributed by atoms with Crippen LogP contribution >= 0.6 is 0 Å². The quantitative estimate of drug-likeness (QED) is 0.103. The van der Waals surface area contributed by atoms with E-state index in [2.05, 4.69) is 18.8 Å². The molecule has 0 aliphatic rings. The summed E-state index contributed by atoms with van der Waals surface area (Å²) in [6, 6.07) is -2.31. The standard InChI is InChI=1S/C18H26N3O7/c1-2-3-4-5-6-7-8-9-10-11-12-13-14-15-17(19(23)24)18(16-22,20(25)26)21(27)28/h12-13,17H,2-8,11,14-15H2,1H3/b13-12+. The van der Waals surface area contributed by atoms with Gasteiger partial charge in [0.25, 0.3) is 0 Å². The van der Waals surface area contributed by atoms with E-state index >= 15 is 0 Å². The molecule has 0 aromatic rings. The average Bonchev–Trinajstić information content (AvgIpc) is 2.63. The van der Waals surface area contributed by atoms with Crippen molar-refractivity contribution in [3.05, 3.63) is 42.5 Å². The zero-order valence-electron chi connectivity index (χ0n) is 16.0. The van der Waals surface area contributed by atoms with Crippen molar-refractivity contribution < 1.29 is 19.6 Å². The van der Waals surface area contributed by atoms with Crippen LogP contribution in [0.3, 0.4) is 0 Å². The number of nitrogens with zero attached hydrogens (tertiary/aromatic N) is 3. The lowest BCUT2D eigenvalue weighted by molar-refractivity contribution is -0.810. The SMILES string of the molecule is CCCCCCCCC#CC/C=C/CCC([N+](=O)[O-])C([C]=O)([N+](=O)[O-])[N+](=O)[O-]. The molecule has 1 unspecified atom stereocenters. The Morgan fingerprint density at radius 2 is 1.54 bits per heavy atom. The van der Waals surface area contributed by atoms with Crippen molar-refractivity contribution in [3.8, 4) is 11.8 Å². The third-order valence-corrected chi connectivity index (χ3v) is 4.20. The van der Waals surface area contributed by atoms with Crippen LogP contribution in [0.2, 0.25) is 0 Å². The summed E-state index contributed by atoms with van der Waals surface area (Å²) in [5.41, 5.74) is -3.60. The van der Waals surface area contributed by atoms with Crippen LogP contribution in [0, 0.1) is 42.2 Å². The highest BCUT2D eigenvalue weighted by atomic mass is 16.7. The van der Waals surface area contributed by atoms with E-state index in [1.165, 1.54) is 31.8 Å². The maximum atomic E-state index is 11.0. The minimum Gasteiger partial charge on any atom is -0.273 e. The molecule has 0 bridgehead atoms. The molecule has 0 saturated heterocycles. The molecule has 155 valence electrons. The van der Waals surface area contributed by atoms with Crippen LogP contribution in [0.1, 0.15) is 71.1 Å². The number of carbonyl (C=O) groups excluding carboxylic acids is 1. The maximum absolute atomic E-state index is 11.0. The van der Waals surface area contributed by atoms with Crippen molar-refractivity contribution in [1.82, 2.24) is 0 Å². The fourth-order valence-electron chi connectivity index (χ4n) is 2.57. The molecule has 0 fully saturated rings. The summed E-state index contributed by atoms with van der Waals surface area (Å²) in [5, 5.41) is 32.9. The van der Waals surface area contributed by atoms with Crippen LogP contribution in [-0.4, -0.2) is 32.8 Å². The Kier molecular flexibility index (Phi) is 12.8. The van der Waals surface area contributed by atoms with Gasteiger partial charge in [-0.1, -0.05) is 57.1 Å². The molecular weight excluding hydrogens is 370 g/mol. The topological polar surface area (TPSA) is 146 Å². The molecule has 1 atom stereocenters. The highest BCUT2D eigenvalue weighted by molar-refractivity contribution is 5.61. The van der Waals surface area contributed by atoms with Crippen LogP contribution < -0.4 is 0 Å². The summed E-state index contributed by atoms with van der Waals surface area (Å²) in [6.45, 7) is 2.16. The van der Waals surface area contributed by atoms with Crippen LogP contribution in [0.5, 0.6) is 0 Å². The minimum absolute atomic E-state index is 0.0319. The first kappa shape index (κ1) is 25.2. The summed E-state index contributed by atoms with van der Waals surface area (Å²) in [6.07, 6.45) is 11.5. The Bertz CT molecular complexity index is 608. The largest absolute Gasteiger partial charge is 0.588 e. The van der Waals surface area contributed by atoms with Crippen molar-refractivity contribution in [2.24, 2.45) is 0 Å². The molecule has 10 heteroatoms. The predicted octanol–water partition coefficient (Wildman–Crippen LogP) is 3.47.